The largest absolute Gasteiger partial charge is 0.481 e. The van der Waals surface area contributed by atoms with Crippen molar-refractivity contribution >= 4 is 5.97 Å². The first-order valence-electron chi connectivity index (χ1n) is 4.15. The molecule has 0 aromatic heterocycles. The Morgan fingerprint density at radius 3 is 2.55 bits per heavy atom. The molecule has 0 amide bonds. The molecule has 1 aliphatic rings. The van der Waals surface area contributed by atoms with Crippen LogP contribution in [0.2, 0.25) is 0 Å². The molecule has 3 atom stereocenters. The van der Waals surface area contributed by atoms with Crippen LogP contribution in [-0.2, 0) is 4.79 Å². The fraction of sp³-hybridized carbons (Fsp3) is 0.875. The SMILES string of the molecule is CC[C@@H]1CC[C@H](C(=O)O)[C@H]1N. The van der Waals surface area contributed by atoms with Crippen molar-refractivity contribution in [2.24, 2.45) is 17.6 Å². The van der Waals surface area contributed by atoms with E-state index in [0.29, 0.717) is 5.92 Å². The lowest BCUT2D eigenvalue weighted by Crippen LogP contribution is -2.35. The lowest BCUT2D eigenvalue weighted by molar-refractivity contribution is -0.142. The van der Waals surface area contributed by atoms with E-state index in [1.165, 1.54) is 0 Å². The van der Waals surface area contributed by atoms with E-state index in [0.717, 1.165) is 19.3 Å². The number of carbonyl (C=O) groups is 1. The van der Waals surface area contributed by atoms with E-state index in [2.05, 4.69) is 6.92 Å². The average molecular weight is 157 g/mol. The van der Waals surface area contributed by atoms with E-state index in [1.54, 1.807) is 0 Å². The molecule has 3 nitrogen and oxygen atoms in total. The molecule has 3 heteroatoms. The first kappa shape index (κ1) is 8.53. The van der Waals surface area contributed by atoms with Crippen LogP contribution in [0, 0.1) is 11.8 Å². The molecule has 0 spiro atoms. The van der Waals surface area contributed by atoms with Crippen LogP contribution in [0.4, 0.5) is 0 Å². The third kappa shape index (κ3) is 1.53. The van der Waals surface area contributed by atoms with Gasteiger partial charge in [-0.3, -0.25) is 4.79 Å². The van der Waals surface area contributed by atoms with Gasteiger partial charge in [0.1, 0.15) is 0 Å². The van der Waals surface area contributed by atoms with E-state index in [4.69, 9.17) is 10.8 Å². The second kappa shape index (κ2) is 3.22. The highest BCUT2D eigenvalue weighted by Crippen LogP contribution is 2.31. The van der Waals surface area contributed by atoms with Gasteiger partial charge in [0.05, 0.1) is 5.92 Å². The van der Waals surface area contributed by atoms with E-state index in [-0.39, 0.29) is 12.0 Å². The van der Waals surface area contributed by atoms with Crippen molar-refractivity contribution in [3.63, 3.8) is 0 Å². The molecule has 1 saturated carbocycles. The molecular weight excluding hydrogens is 142 g/mol. The third-order valence-electron chi connectivity index (χ3n) is 2.70. The predicted molar refractivity (Wildman–Crippen MR) is 42.1 cm³/mol. The van der Waals surface area contributed by atoms with Crippen molar-refractivity contribution < 1.29 is 9.90 Å². The summed E-state index contributed by atoms with van der Waals surface area (Å²) in [5.74, 6) is -0.593. The molecule has 64 valence electrons. The fourth-order valence-electron chi connectivity index (χ4n) is 1.87. The van der Waals surface area contributed by atoms with Crippen molar-refractivity contribution in [1.29, 1.82) is 0 Å². The van der Waals surface area contributed by atoms with Gasteiger partial charge in [0, 0.05) is 6.04 Å². The van der Waals surface area contributed by atoms with E-state index in [9.17, 15) is 4.79 Å². The quantitative estimate of drug-likeness (QED) is 0.624. The van der Waals surface area contributed by atoms with Crippen LogP contribution >= 0.6 is 0 Å². The first-order chi connectivity index (χ1) is 5.16. The molecule has 0 saturated heterocycles. The minimum atomic E-state index is -0.728. The number of carboxylic acid groups (broad SMARTS) is 1. The summed E-state index contributed by atoms with van der Waals surface area (Å²) in [6.07, 6.45) is 2.74. The maximum absolute atomic E-state index is 10.6. The third-order valence-corrected chi connectivity index (χ3v) is 2.70. The van der Waals surface area contributed by atoms with Gasteiger partial charge in [-0.15, -0.1) is 0 Å². The highest BCUT2D eigenvalue weighted by molar-refractivity contribution is 5.71. The predicted octanol–water partition coefficient (Wildman–Crippen LogP) is 0.835. The van der Waals surface area contributed by atoms with Crippen molar-refractivity contribution in [2.75, 3.05) is 0 Å². The monoisotopic (exact) mass is 157 g/mol. The summed E-state index contributed by atoms with van der Waals surface area (Å²) in [7, 11) is 0. The maximum atomic E-state index is 10.6. The van der Waals surface area contributed by atoms with Crippen LogP contribution < -0.4 is 5.73 Å². The molecule has 0 aromatic carbocycles. The van der Waals surface area contributed by atoms with Crippen LogP contribution in [-0.4, -0.2) is 17.1 Å². The fourth-order valence-corrected chi connectivity index (χ4v) is 1.87. The Labute approximate surface area is 66.6 Å². The first-order valence-corrected chi connectivity index (χ1v) is 4.15. The van der Waals surface area contributed by atoms with Gasteiger partial charge >= 0.3 is 5.97 Å². The van der Waals surface area contributed by atoms with Gasteiger partial charge in [0.2, 0.25) is 0 Å². The van der Waals surface area contributed by atoms with Crippen molar-refractivity contribution in [2.45, 2.75) is 32.2 Å². The normalized spacial score (nSPS) is 37.5. The van der Waals surface area contributed by atoms with Gasteiger partial charge < -0.3 is 10.8 Å². The Bertz CT molecular complexity index is 158. The Morgan fingerprint density at radius 2 is 2.27 bits per heavy atom. The van der Waals surface area contributed by atoms with Crippen LogP contribution in [0.25, 0.3) is 0 Å². The van der Waals surface area contributed by atoms with Crippen LogP contribution in [0.3, 0.4) is 0 Å². The van der Waals surface area contributed by atoms with Crippen LogP contribution in [0.5, 0.6) is 0 Å². The minimum Gasteiger partial charge on any atom is -0.481 e. The lowest BCUT2D eigenvalue weighted by atomic mass is 9.97. The smallest absolute Gasteiger partial charge is 0.308 e. The van der Waals surface area contributed by atoms with E-state index in [1.807, 2.05) is 0 Å². The van der Waals surface area contributed by atoms with E-state index >= 15 is 0 Å². The number of hydrogen-bond acceptors (Lipinski definition) is 2. The molecule has 0 radical (unpaired) electrons. The highest BCUT2D eigenvalue weighted by atomic mass is 16.4. The Hall–Kier alpha value is -0.570. The second-order valence-corrected chi connectivity index (χ2v) is 3.27. The Morgan fingerprint density at radius 1 is 1.64 bits per heavy atom. The lowest BCUT2D eigenvalue weighted by Gasteiger charge is -2.15. The van der Waals surface area contributed by atoms with Gasteiger partial charge in [0.25, 0.3) is 0 Å². The van der Waals surface area contributed by atoms with Gasteiger partial charge in [-0.1, -0.05) is 13.3 Å². The van der Waals surface area contributed by atoms with Gasteiger partial charge in [-0.05, 0) is 18.8 Å². The number of aliphatic carboxylic acids is 1. The van der Waals surface area contributed by atoms with Crippen molar-refractivity contribution in [3.05, 3.63) is 0 Å². The molecular formula is C8H15NO2. The van der Waals surface area contributed by atoms with Gasteiger partial charge in [0.15, 0.2) is 0 Å². The molecule has 0 bridgehead atoms. The second-order valence-electron chi connectivity index (χ2n) is 3.27. The summed E-state index contributed by atoms with van der Waals surface area (Å²) in [4.78, 5) is 10.6. The number of hydrogen-bond donors (Lipinski definition) is 2. The zero-order valence-electron chi connectivity index (χ0n) is 6.79. The van der Waals surface area contributed by atoms with Crippen LogP contribution in [0.1, 0.15) is 26.2 Å². The van der Waals surface area contributed by atoms with Crippen molar-refractivity contribution in [3.8, 4) is 0 Å². The molecule has 0 unspecified atom stereocenters. The summed E-state index contributed by atoms with van der Waals surface area (Å²) in [6.45, 7) is 2.06. The standard InChI is InChI=1S/C8H15NO2/c1-2-5-3-4-6(7(5)9)8(10)11/h5-7H,2-4,9H2,1H3,(H,10,11)/t5-,6+,7+/m1/s1. The molecule has 1 aliphatic carbocycles. The molecule has 0 aliphatic heterocycles. The summed E-state index contributed by atoms with van der Waals surface area (Å²) in [6, 6.07) is -0.113. The number of carboxylic acids is 1. The van der Waals surface area contributed by atoms with Crippen LogP contribution in [0.15, 0.2) is 0 Å². The molecule has 1 fully saturated rings. The Kier molecular flexibility index (Phi) is 2.49. The zero-order chi connectivity index (χ0) is 8.43. The molecule has 1 rings (SSSR count). The summed E-state index contributed by atoms with van der Waals surface area (Å²) in [5.41, 5.74) is 5.75. The molecule has 0 heterocycles. The number of nitrogens with two attached hydrogens (primary N) is 1. The Balaban J connectivity index is 2.55. The van der Waals surface area contributed by atoms with Gasteiger partial charge in [-0.25, -0.2) is 0 Å². The average Bonchev–Trinajstić information content (AvgIpc) is 2.30. The number of rotatable bonds is 2. The van der Waals surface area contributed by atoms with E-state index < -0.39 is 5.97 Å². The maximum Gasteiger partial charge on any atom is 0.308 e. The minimum absolute atomic E-state index is 0.113. The molecule has 0 aromatic rings. The molecule has 11 heavy (non-hydrogen) atoms. The summed E-state index contributed by atoms with van der Waals surface area (Å²) < 4.78 is 0. The summed E-state index contributed by atoms with van der Waals surface area (Å²) >= 11 is 0. The van der Waals surface area contributed by atoms with Gasteiger partial charge in [-0.2, -0.15) is 0 Å². The zero-order valence-corrected chi connectivity index (χ0v) is 6.79. The van der Waals surface area contributed by atoms with Crippen molar-refractivity contribution in [1.82, 2.24) is 0 Å². The highest BCUT2D eigenvalue weighted by Gasteiger charge is 2.36. The molecule has 3 N–H and O–H groups in total. The summed E-state index contributed by atoms with van der Waals surface area (Å²) in [5, 5.41) is 8.72. The topological polar surface area (TPSA) is 63.3 Å².